The van der Waals surface area contributed by atoms with Crippen LogP contribution in [0.25, 0.3) is 0 Å². The second kappa shape index (κ2) is 22.5. The summed E-state index contributed by atoms with van der Waals surface area (Å²) < 4.78 is 0. The summed E-state index contributed by atoms with van der Waals surface area (Å²) in [6, 6.07) is 0. The molecule has 0 saturated carbocycles. The van der Waals surface area contributed by atoms with Crippen molar-refractivity contribution in [3.05, 3.63) is 0 Å². The molecule has 3 heteroatoms. The van der Waals surface area contributed by atoms with Crippen LogP contribution in [0.4, 0.5) is 0 Å². The molecule has 0 rings (SSSR count). The number of rotatable bonds is 4. The third-order valence-corrected chi connectivity index (χ3v) is 1.57. The minimum absolute atomic E-state index is 0. The third-order valence-electron chi connectivity index (χ3n) is 0.996. The van der Waals surface area contributed by atoms with Crippen molar-refractivity contribution < 1.29 is 0 Å². The molecule has 2 radical (unpaired) electrons. The summed E-state index contributed by atoms with van der Waals surface area (Å²) in [6.07, 6.45) is 4.89. The van der Waals surface area contributed by atoms with E-state index >= 15 is 0 Å². The second-order valence-corrected chi connectivity index (χ2v) is 2.93. The Morgan fingerprint density at radius 3 is 1.09 bits per heavy atom. The molecule has 0 heterocycles. The molecule has 0 aliphatic rings. The van der Waals surface area contributed by atoms with Crippen LogP contribution in [0.1, 0.15) is 39.5 Å². The van der Waals surface area contributed by atoms with Crippen molar-refractivity contribution in [1.82, 2.24) is 0 Å². The maximum Gasteiger partial charge on any atom is 2.00 e. The molecule has 0 unspecified atom stereocenters. The van der Waals surface area contributed by atoms with Gasteiger partial charge in [-0.3, -0.25) is 0 Å². The van der Waals surface area contributed by atoms with E-state index in [9.17, 15) is 0 Å². The van der Waals surface area contributed by atoms with Crippen molar-refractivity contribution >= 4 is 49.2 Å². The molecule has 0 nitrogen and oxygen atoms in total. The van der Waals surface area contributed by atoms with Gasteiger partial charge in [-0.15, -0.1) is 0 Å². The fourth-order valence-corrected chi connectivity index (χ4v) is 0.866. The maximum atomic E-state index is 4.65. The van der Waals surface area contributed by atoms with Crippen molar-refractivity contribution in [2.24, 2.45) is 0 Å². The van der Waals surface area contributed by atoms with Crippen LogP contribution in [0.2, 0.25) is 0 Å². The Balaban J connectivity index is -0.000000107. The molecular weight excluding hydrogens is 279 g/mol. The molecule has 0 atom stereocenters. The topological polar surface area (TPSA) is 0 Å². The van der Waals surface area contributed by atoms with E-state index in [1.807, 2.05) is 0 Å². The van der Waals surface area contributed by atoms with Gasteiger partial charge in [0.05, 0.1) is 0 Å². The van der Waals surface area contributed by atoms with Crippen LogP contribution in [0.15, 0.2) is 0 Å². The minimum Gasteiger partial charge on any atom is -0.793 e. The summed E-state index contributed by atoms with van der Waals surface area (Å²) in [5, 5.41) is 0. The van der Waals surface area contributed by atoms with Gasteiger partial charge in [0.15, 0.2) is 0 Å². The first-order valence-electron chi connectivity index (χ1n) is 3.99. The Labute approximate surface area is 99.7 Å². The Kier molecular flexibility index (Phi) is 37.5. The first kappa shape index (κ1) is 18.3. The molecular formula is C8H18S2Sn. The normalized spacial score (nSPS) is 7.64. The van der Waals surface area contributed by atoms with Gasteiger partial charge in [0.2, 0.25) is 0 Å². The summed E-state index contributed by atoms with van der Waals surface area (Å²) in [7, 11) is 0. The van der Waals surface area contributed by atoms with E-state index in [4.69, 9.17) is 0 Å². The molecule has 0 N–H and O–H groups in total. The van der Waals surface area contributed by atoms with Gasteiger partial charge in [-0.1, -0.05) is 39.5 Å². The molecule has 0 aliphatic heterocycles. The largest absolute Gasteiger partial charge is 2.00 e. The Morgan fingerprint density at radius 2 is 1.09 bits per heavy atom. The first-order valence-corrected chi connectivity index (χ1v) is 5.15. The Bertz CT molecular complexity index is 33.1. The van der Waals surface area contributed by atoms with Gasteiger partial charge in [0.1, 0.15) is 0 Å². The van der Waals surface area contributed by atoms with E-state index < -0.39 is 0 Å². The quantitative estimate of drug-likeness (QED) is 0.577. The van der Waals surface area contributed by atoms with Crippen LogP contribution in [-0.4, -0.2) is 35.4 Å². The van der Waals surface area contributed by atoms with Crippen molar-refractivity contribution in [1.29, 1.82) is 0 Å². The zero-order chi connectivity index (χ0) is 8.24. The molecule has 0 fully saturated rings. The predicted octanol–water partition coefficient (Wildman–Crippen LogP) is 2.29. The van der Waals surface area contributed by atoms with Crippen LogP contribution >= 0.6 is 0 Å². The fourth-order valence-electron chi connectivity index (χ4n) is 0.289. The molecule has 0 amide bonds. The molecule has 0 aromatic rings. The SMILES string of the molecule is CCCC[S-].CCCC[S-].[Sn+2]. The van der Waals surface area contributed by atoms with E-state index in [1.165, 1.54) is 25.7 Å². The van der Waals surface area contributed by atoms with Gasteiger partial charge >= 0.3 is 23.9 Å². The van der Waals surface area contributed by atoms with E-state index in [0.717, 1.165) is 11.5 Å². The average molecular weight is 297 g/mol. The molecule has 0 aliphatic carbocycles. The minimum atomic E-state index is 0. The van der Waals surface area contributed by atoms with E-state index in [1.54, 1.807) is 0 Å². The van der Waals surface area contributed by atoms with Gasteiger partial charge in [0.25, 0.3) is 0 Å². The van der Waals surface area contributed by atoms with E-state index in [0.29, 0.717) is 0 Å². The van der Waals surface area contributed by atoms with Crippen LogP contribution < -0.4 is 0 Å². The summed E-state index contributed by atoms with van der Waals surface area (Å²) in [4.78, 5) is 0. The van der Waals surface area contributed by atoms with Gasteiger partial charge in [-0.05, 0) is 0 Å². The number of unbranched alkanes of at least 4 members (excludes halogenated alkanes) is 2. The number of hydrogen-bond acceptors (Lipinski definition) is 2. The molecule has 11 heavy (non-hydrogen) atoms. The van der Waals surface area contributed by atoms with Crippen molar-refractivity contribution in [2.45, 2.75) is 39.5 Å². The maximum absolute atomic E-state index is 4.65. The number of hydrogen-bond donors (Lipinski definition) is 0. The van der Waals surface area contributed by atoms with E-state index in [-0.39, 0.29) is 23.9 Å². The van der Waals surface area contributed by atoms with Crippen molar-refractivity contribution in [3.63, 3.8) is 0 Å². The zero-order valence-corrected chi connectivity index (χ0v) is 12.0. The molecule has 0 bridgehead atoms. The Hall–Kier alpha value is 1.50. The summed E-state index contributed by atoms with van der Waals surface area (Å²) in [6.45, 7) is 4.29. The summed E-state index contributed by atoms with van der Waals surface area (Å²) >= 11 is 9.30. The molecule has 0 aromatic carbocycles. The predicted molar refractivity (Wildman–Crippen MR) is 60.0 cm³/mol. The standard InChI is InChI=1S/2C4H10S.Sn/c2*1-2-3-4-5;/h2*5H,2-4H2,1H3;/q;;+2/p-2. The molecule has 66 valence electrons. The summed E-state index contributed by atoms with van der Waals surface area (Å²) in [5.74, 6) is 1.85. The van der Waals surface area contributed by atoms with E-state index in [2.05, 4.69) is 39.1 Å². The fraction of sp³-hybridized carbons (Fsp3) is 1.00. The molecule has 0 aromatic heterocycles. The van der Waals surface area contributed by atoms with Crippen molar-refractivity contribution in [2.75, 3.05) is 11.5 Å². The smallest absolute Gasteiger partial charge is 0.793 e. The zero-order valence-electron chi connectivity index (χ0n) is 7.56. The molecule has 0 saturated heterocycles. The summed E-state index contributed by atoms with van der Waals surface area (Å²) in [5.41, 5.74) is 0. The van der Waals surface area contributed by atoms with Gasteiger partial charge < -0.3 is 25.3 Å². The van der Waals surface area contributed by atoms with Gasteiger partial charge in [0, 0.05) is 0 Å². The van der Waals surface area contributed by atoms with Crippen LogP contribution in [0, 0.1) is 0 Å². The van der Waals surface area contributed by atoms with Gasteiger partial charge in [-0.2, -0.15) is 11.5 Å². The first-order chi connectivity index (χ1) is 4.83. The second-order valence-electron chi connectivity index (χ2n) is 2.12. The van der Waals surface area contributed by atoms with Crippen LogP contribution in [-0.2, 0) is 25.3 Å². The third kappa shape index (κ3) is 34.3. The average Bonchev–Trinajstić information content (AvgIpc) is 1.93. The van der Waals surface area contributed by atoms with Gasteiger partial charge in [-0.25, -0.2) is 0 Å². The van der Waals surface area contributed by atoms with Crippen molar-refractivity contribution in [3.8, 4) is 0 Å². The van der Waals surface area contributed by atoms with Crippen LogP contribution in [0.5, 0.6) is 0 Å². The van der Waals surface area contributed by atoms with Crippen LogP contribution in [0.3, 0.4) is 0 Å². The monoisotopic (exact) mass is 298 g/mol. The molecule has 0 spiro atoms. The Morgan fingerprint density at radius 1 is 0.818 bits per heavy atom.